The van der Waals surface area contributed by atoms with E-state index in [1.54, 1.807) is 37.0 Å². The standard InChI is InChI=1S/C12H16N4O2S/c1-9-12(8-16(2)14-9)15-19(17,18)11-5-3-10(7-13)4-6-11/h3-6,8,15H,7,13H2,1-2H3. The fraction of sp³-hybridized carbons (Fsp3) is 0.250. The zero-order chi connectivity index (χ0) is 14.0. The first kappa shape index (κ1) is 13.6. The van der Waals surface area contributed by atoms with Crippen LogP contribution < -0.4 is 10.5 Å². The summed E-state index contributed by atoms with van der Waals surface area (Å²) in [5, 5.41) is 4.09. The van der Waals surface area contributed by atoms with Crippen molar-refractivity contribution in [3.63, 3.8) is 0 Å². The second-order valence-corrected chi connectivity index (χ2v) is 5.94. The van der Waals surface area contributed by atoms with E-state index in [1.165, 1.54) is 12.1 Å². The van der Waals surface area contributed by atoms with E-state index in [0.717, 1.165) is 5.56 Å². The number of aryl methyl sites for hydroxylation is 2. The first-order valence-corrected chi connectivity index (χ1v) is 7.23. The fourth-order valence-corrected chi connectivity index (χ4v) is 2.81. The molecule has 0 saturated heterocycles. The van der Waals surface area contributed by atoms with Gasteiger partial charge in [-0.2, -0.15) is 5.10 Å². The van der Waals surface area contributed by atoms with Crippen LogP contribution in [0.5, 0.6) is 0 Å². The SMILES string of the molecule is Cc1nn(C)cc1NS(=O)(=O)c1ccc(CN)cc1. The molecule has 3 N–H and O–H groups in total. The fourth-order valence-electron chi connectivity index (χ4n) is 1.71. The van der Waals surface area contributed by atoms with Crippen molar-refractivity contribution >= 4 is 15.7 Å². The lowest BCUT2D eigenvalue weighted by molar-refractivity contribution is 0.601. The number of hydrogen-bond acceptors (Lipinski definition) is 4. The van der Waals surface area contributed by atoms with Gasteiger partial charge in [0, 0.05) is 19.8 Å². The maximum absolute atomic E-state index is 12.2. The van der Waals surface area contributed by atoms with E-state index in [0.29, 0.717) is 17.9 Å². The smallest absolute Gasteiger partial charge is 0.262 e. The van der Waals surface area contributed by atoms with Crippen molar-refractivity contribution in [2.75, 3.05) is 4.72 Å². The predicted octanol–water partition coefficient (Wildman–Crippen LogP) is 0.988. The van der Waals surface area contributed by atoms with Gasteiger partial charge in [0.25, 0.3) is 10.0 Å². The highest BCUT2D eigenvalue weighted by molar-refractivity contribution is 7.92. The first-order valence-electron chi connectivity index (χ1n) is 5.74. The van der Waals surface area contributed by atoms with Crippen LogP contribution in [0.4, 0.5) is 5.69 Å². The Morgan fingerprint density at radius 1 is 1.32 bits per heavy atom. The number of benzene rings is 1. The van der Waals surface area contributed by atoms with Gasteiger partial charge < -0.3 is 5.73 Å². The van der Waals surface area contributed by atoms with Gasteiger partial charge in [-0.3, -0.25) is 9.40 Å². The molecule has 0 radical (unpaired) electrons. The van der Waals surface area contributed by atoms with E-state index in [9.17, 15) is 8.42 Å². The summed E-state index contributed by atoms with van der Waals surface area (Å²) >= 11 is 0. The predicted molar refractivity (Wildman–Crippen MR) is 73.1 cm³/mol. The average Bonchev–Trinajstić information content (AvgIpc) is 2.67. The second kappa shape index (κ2) is 5.02. The Labute approximate surface area is 112 Å². The van der Waals surface area contributed by atoms with Gasteiger partial charge in [-0.25, -0.2) is 8.42 Å². The lowest BCUT2D eigenvalue weighted by Crippen LogP contribution is -2.13. The summed E-state index contributed by atoms with van der Waals surface area (Å²) in [7, 11) is -1.85. The molecule has 7 heteroatoms. The molecule has 6 nitrogen and oxygen atoms in total. The van der Waals surface area contributed by atoms with Gasteiger partial charge in [0.15, 0.2) is 0 Å². The number of nitrogens with zero attached hydrogens (tertiary/aromatic N) is 2. The summed E-state index contributed by atoms with van der Waals surface area (Å²) in [5.41, 5.74) is 7.47. The Hall–Kier alpha value is -1.86. The van der Waals surface area contributed by atoms with E-state index in [4.69, 9.17) is 5.73 Å². The van der Waals surface area contributed by atoms with Crippen LogP contribution in [0.15, 0.2) is 35.4 Å². The van der Waals surface area contributed by atoms with Crippen LogP contribution in [-0.2, 0) is 23.6 Å². The summed E-state index contributed by atoms with van der Waals surface area (Å²) < 4.78 is 28.4. The van der Waals surface area contributed by atoms with Gasteiger partial charge in [0.05, 0.1) is 16.3 Å². The van der Waals surface area contributed by atoms with Gasteiger partial charge >= 0.3 is 0 Å². The lowest BCUT2D eigenvalue weighted by atomic mass is 10.2. The van der Waals surface area contributed by atoms with Crippen LogP contribution in [0, 0.1) is 6.92 Å². The van der Waals surface area contributed by atoms with Crippen molar-refractivity contribution in [1.29, 1.82) is 0 Å². The molecule has 0 fully saturated rings. The Balaban J connectivity index is 2.29. The zero-order valence-electron chi connectivity index (χ0n) is 10.8. The summed E-state index contributed by atoms with van der Waals surface area (Å²) in [6, 6.07) is 6.47. The second-order valence-electron chi connectivity index (χ2n) is 4.26. The molecule has 102 valence electrons. The van der Waals surface area contributed by atoms with Crippen molar-refractivity contribution in [1.82, 2.24) is 9.78 Å². The minimum Gasteiger partial charge on any atom is -0.326 e. The molecule has 0 spiro atoms. The highest BCUT2D eigenvalue weighted by Crippen LogP contribution is 2.18. The molecule has 0 atom stereocenters. The number of rotatable bonds is 4. The largest absolute Gasteiger partial charge is 0.326 e. The number of nitrogens with one attached hydrogen (secondary N) is 1. The van der Waals surface area contributed by atoms with Crippen LogP contribution >= 0.6 is 0 Å². The Morgan fingerprint density at radius 3 is 2.42 bits per heavy atom. The van der Waals surface area contributed by atoms with Gasteiger partial charge in [0.1, 0.15) is 0 Å². The highest BCUT2D eigenvalue weighted by Gasteiger charge is 2.16. The molecule has 2 rings (SSSR count). The summed E-state index contributed by atoms with van der Waals surface area (Å²) in [4.78, 5) is 0.202. The van der Waals surface area contributed by atoms with Gasteiger partial charge in [0.2, 0.25) is 0 Å². The lowest BCUT2D eigenvalue weighted by Gasteiger charge is -2.07. The maximum Gasteiger partial charge on any atom is 0.262 e. The van der Waals surface area contributed by atoms with Crippen molar-refractivity contribution < 1.29 is 8.42 Å². The third-order valence-electron chi connectivity index (χ3n) is 2.73. The Morgan fingerprint density at radius 2 is 1.95 bits per heavy atom. The minimum absolute atomic E-state index is 0.202. The molecule has 2 aromatic rings. The molecule has 1 aromatic heterocycles. The summed E-state index contributed by atoms with van der Waals surface area (Å²) in [5.74, 6) is 0. The number of aromatic nitrogens is 2. The summed E-state index contributed by atoms with van der Waals surface area (Å²) in [6.07, 6.45) is 1.63. The molecule has 19 heavy (non-hydrogen) atoms. The van der Waals surface area contributed by atoms with Crippen molar-refractivity contribution in [3.8, 4) is 0 Å². The van der Waals surface area contributed by atoms with Gasteiger partial charge in [-0.05, 0) is 24.6 Å². The maximum atomic E-state index is 12.2. The number of nitrogens with two attached hydrogens (primary N) is 1. The molecule has 1 heterocycles. The van der Waals surface area contributed by atoms with E-state index < -0.39 is 10.0 Å². The van der Waals surface area contributed by atoms with Crippen LogP contribution in [0.1, 0.15) is 11.3 Å². The first-order chi connectivity index (χ1) is 8.92. The molecule has 0 aliphatic carbocycles. The molecule has 1 aromatic carbocycles. The van der Waals surface area contributed by atoms with Crippen molar-refractivity contribution in [3.05, 3.63) is 41.7 Å². The monoisotopic (exact) mass is 280 g/mol. The van der Waals surface area contributed by atoms with Crippen LogP contribution in [-0.4, -0.2) is 18.2 Å². The van der Waals surface area contributed by atoms with Gasteiger partial charge in [-0.15, -0.1) is 0 Å². The Kier molecular flexibility index (Phi) is 3.59. The van der Waals surface area contributed by atoms with E-state index in [-0.39, 0.29) is 4.90 Å². The molecule has 0 amide bonds. The van der Waals surface area contributed by atoms with Gasteiger partial charge in [-0.1, -0.05) is 12.1 Å². The van der Waals surface area contributed by atoms with E-state index >= 15 is 0 Å². The quantitative estimate of drug-likeness (QED) is 0.873. The number of sulfonamides is 1. The molecule has 0 bridgehead atoms. The van der Waals surface area contributed by atoms with Crippen molar-refractivity contribution in [2.45, 2.75) is 18.4 Å². The minimum atomic E-state index is -3.59. The number of anilines is 1. The molecule has 0 aliphatic heterocycles. The highest BCUT2D eigenvalue weighted by atomic mass is 32.2. The third-order valence-corrected chi connectivity index (χ3v) is 4.11. The van der Waals surface area contributed by atoms with E-state index in [1.807, 2.05) is 0 Å². The van der Waals surface area contributed by atoms with E-state index in [2.05, 4.69) is 9.82 Å². The third kappa shape index (κ3) is 2.94. The molecule has 0 aliphatic rings. The zero-order valence-corrected chi connectivity index (χ0v) is 11.6. The molecule has 0 unspecified atom stereocenters. The van der Waals surface area contributed by atoms with Crippen LogP contribution in [0.25, 0.3) is 0 Å². The average molecular weight is 280 g/mol. The molecule has 0 saturated carbocycles. The normalized spacial score (nSPS) is 11.5. The number of hydrogen-bond donors (Lipinski definition) is 2. The molecular formula is C12H16N4O2S. The topological polar surface area (TPSA) is 90.0 Å². The Bertz CT molecular complexity index is 674. The molecular weight excluding hydrogens is 264 g/mol. The van der Waals surface area contributed by atoms with Crippen molar-refractivity contribution in [2.24, 2.45) is 12.8 Å². The van der Waals surface area contributed by atoms with Crippen LogP contribution in [0.2, 0.25) is 0 Å². The summed E-state index contributed by atoms with van der Waals surface area (Å²) in [6.45, 7) is 2.13. The van der Waals surface area contributed by atoms with Crippen LogP contribution in [0.3, 0.4) is 0 Å².